The number of hydrogen-bond donors (Lipinski definition) is 2. The zero-order valence-electron chi connectivity index (χ0n) is 18.9. The van der Waals surface area contributed by atoms with Crippen molar-refractivity contribution >= 4 is 39.8 Å². The van der Waals surface area contributed by atoms with Gasteiger partial charge in [0.1, 0.15) is 5.69 Å². The SMILES string of the molecule is CN(C)c1cccc(C(=O)N[C@@H]2CCC[C@H](Nc3cc(C(F)(F)F)nc4ccc(Cl)cc34)C2)c1. The first-order valence-corrected chi connectivity index (χ1v) is 11.5. The first-order valence-electron chi connectivity index (χ1n) is 11.1. The van der Waals surface area contributed by atoms with Crippen molar-refractivity contribution in [1.82, 2.24) is 10.3 Å². The second-order valence-corrected chi connectivity index (χ2v) is 9.27. The maximum atomic E-state index is 13.4. The summed E-state index contributed by atoms with van der Waals surface area (Å²) in [6.07, 6.45) is -1.52. The van der Waals surface area contributed by atoms with E-state index >= 15 is 0 Å². The van der Waals surface area contributed by atoms with Crippen LogP contribution in [-0.2, 0) is 6.18 Å². The number of fused-ring (bicyclic) bond motifs is 1. The van der Waals surface area contributed by atoms with E-state index in [2.05, 4.69) is 15.6 Å². The standard InChI is InChI=1S/C25H26ClF3N4O/c1-33(2)19-8-3-5-15(11-19)24(34)31-18-7-4-6-17(13-18)30-22-14-23(25(27,28)29)32-21-10-9-16(26)12-20(21)22/h3,5,8-12,14,17-18H,4,6-7,13H2,1-2H3,(H,30,32)(H,31,34)/t17-,18+/m0/s1. The predicted octanol–water partition coefficient (Wildman–Crippen LogP) is 6.13. The minimum absolute atomic E-state index is 0.0828. The van der Waals surface area contributed by atoms with E-state index in [0.29, 0.717) is 28.1 Å². The monoisotopic (exact) mass is 490 g/mol. The van der Waals surface area contributed by atoms with E-state index in [1.807, 2.05) is 37.2 Å². The number of nitrogens with one attached hydrogen (secondary N) is 2. The van der Waals surface area contributed by atoms with Gasteiger partial charge in [-0.15, -0.1) is 0 Å². The predicted molar refractivity (Wildman–Crippen MR) is 130 cm³/mol. The number of carbonyl (C=O) groups is 1. The number of pyridine rings is 1. The topological polar surface area (TPSA) is 57.3 Å². The summed E-state index contributed by atoms with van der Waals surface area (Å²) in [6, 6.07) is 12.9. The maximum Gasteiger partial charge on any atom is 0.433 e. The third-order valence-corrected chi connectivity index (χ3v) is 6.29. The summed E-state index contributed by atoms with van der Waals surface area (Å²) in [4.78, 5) is 18.5. The number of rotatable bonds is 5. The van der Waals surface area contributed by atoms with Crippen LogP contribution in [0.1, 0.15) is 41.7 Å². The minimum Gasteiger partial charge on any atom is -0.382 e. The second-order valence-electron chi connectivity index (χ2n) is 8.84. The zero-order valence-corrected chi connectivity index (χ0v) is 19.7. The smallest absolute Gasteiger partial charge is 0.382 e. The molecule has 9 heteroatoms. The Morgan fingerprint density at radius 3 is 2.59 bits per heavy atom. The molecule has 4 rings (SSSR count). The number of benzene rings is 2. The highest BCUT2D eigenvalue weighted by atomic mass is 35.5. The zero-order chi connectivity index (χ0) is 24.5. The van der Waals surface area contributed by atoms with Crippen LogP contribution < -0.4 is 15.5 Å². The van der Waals surface area contributed by atoms with Gasteiger partial charge in [0.05, 0.1) is 5.52 Å². The second kappa shape index (κ2) is 9.70. The summed E-state index contributed by atoms with van der Waals surface area (Å²) in [5, 5.41) is 7.32. The van der Waals surface area contributed by atoms with Crippen molar-refractivity contribution in [2.75, 3.05) is 24.3 Å². The molecule has 1 saturated carbocycles. The minimum atomic E-state index is -4.56. The van der Waals surface area contributed by atoms with Crippen LogP contribution >= 0.6 is 11.6 Å². The Kier molecular flexibility index (Phi) is 6.89. The quantitative estimate of drug-likeness (QED) is 0.452. The van der Waals surface area contributed by atoms with Gasteiger partial charge >= 0.3 is 6.18 Å². The molecule has 1 aromatic heterocycles. The molecular formula is C25H26ClF3N4O. The molecule has 0 radical (unpaired) electrons. The molecule has 180 valence electrons. The van der Waals surface area contributed by atoms with Crippen LogP contribution in [0.3, 0.4) is 0 Å². The largest absolute Gasteiger partial charge is 0.433 e. The molecule has 0 saturated heterocycles. The van der Waals surface area contributed by atoms with Crippen molar-refractivity contribution in [2.45, 2.75) is 43.9 Å². The fraction of sp³-hybridized carbons (Fsp3) is 0.360. The Morgan fingerprint density at radius 2 is 1.85 bits per heavy atom. The molecule has 34 heavy (non-hydrogen) atoms. The van der Waals surface area contributed by atoms with Crippen molar-refractivity contribution in [2.24, 2.45) is 0 Å². The number of anilines is 2. The number of alkyl halides is 3. The molecular weight excluding hydrogens is 465 g/mol. The Hall–Kier alpha value is -3.00. The van der Waals surface area contributed by atoms with Gasteiger partial charge in [-0.3, -0.25) is 4.79 Å². The number of amides is 1. The lowest BCUT2D eigenvalue weighted by Gasteiger charge is -2.31. The fourth-order valence-electron chi connectivity index (χ4n) is 4.33. The average molecular weight is 491 g/mol. The van der Waals surface area contributed by atoms with E-state index in [4.69, 9.17) is 11.6 Å². The van der Waals surface area contributed by atoms with E-state index in [9.17, 15) is 18.0 Å². The molecule has 2 N–H and O–H groups in total. The summed E-state index contributed by atoms with van der Waals surface area (Å²) in [5.74, 6) is -0.158. The lowest BCUT2D eigenvalue weighted by Crippen LogP contribution is -2.41. The number of carbonyl (C=O) groups excluding carboxylic acids is 1. The number of nitrogens with zero attached hydrogens (tertiary/aromatic N) is 2. The lowest BCUT2D eigenvalue weighted by atomic mass is 9.90. The van der Waals surface area contributed by atoms with Crippen molar-refractivity contribution in [1.29, 1.82) is 0 Å². The van der Waals surface area contributed by atoms with Crippen molar-refractivity contribution in [3.05, 3.63) is 64.8 Å². The van der Waals surface area contributed by atoms with Gasteiger partial charge in [-0.25, -0.2) is 4.98 Å². The molecule has 1 heterocycles. The van der Waals surface area contributed by atoms with Gasteiger partial charge in [0, 0.05) is 53.5 Å². The molecule has 3 aromatic rings. The highest BCUT2D eigenvalue weighted by Crippen LogP contribution is 2.35. The normalized spacial score (nSPS) is 18.5. The van der Waals surface area contributed by atoms with Crippen molar-refractivity contribution < 1.29 is 18.0 Å². The van der Waals surface area contributed by atoms with Crippen LogP contribution in [0, 0.1) is 0 Å². The molecule has 2 aromatic carbocycles. The Bertz CT molecular complexity index is 1200. The lowest BCUT2D eigenvalue weighted by molar-refractivity contribution is -0.140. The molecule has 1 aliphatic carbocycles. The molecule has 0 unspecified atom stereocenters. The van der Waals surface area contributed by atoms with Crippen molar-refractivity contribution in [3.8, 4) is 0 Å². The van der Waals surface area contributed by atoms with Gasteiger partial charge in [-0.05, 0) is 68.1 Å². The summed E-state index contributed by atoms with van der Waals surface area (Å²) < 4.78 is 40.3. The molecule has 0 bridgehead atoms. The van der Waals surface area contributed by atoms with Gasteiger partial charge in [0.2, 0.25) is 0 Å². The van der Waals surface area contributed by atoms with Crippen LogP contribution in [0.4, 0.5) is 24.5 Å². The Morgan fingerprint density at radius 1 is 1.09 bits per heavy atom. The molecule has 5 nitrogen and oxygen atoms in total. The molecule has 1 fully saturated rings. The van der Waals surface area contributed by atoms with Crippen LogP contribution in [-0.4, -0.2) is 37.1 Å². The maximum absolute atomic E-state index is 13.4. The Balaban J connectivity index is 1.51. The van der Waals surface area contributed by atoms with Crippen LogP contribution in [0.2, 0.25) is 5.02 Å². The molecule has 1 amide bonds. The van der Waals surface area contributed by atoms with Crippen LogP contribution in [0.15, 0.2) is 48.5 Å². The third kappa shape index (κ3) is 5.55. The van der Waals surface area contributed by atoms with E-state index in [-0.39, 0.29) is 23.5 Å². The summed E-state index contributed by atoms with van der Waals surface area (Å²) in [5.41, 5.74) is 1.12. The highest BCUT2D eigenvalue weighted by molar-refractivity contribution is 6.31. The van der Waals surface area contributed by atoms with E-state index in [1.54, 1.807) is 12.1 Å². The number of halogens is 4. The Labute approximate surface area is 201 Å². The molecule has 2 atom stereocenters. The average Bonchev–Trinajstić information content (AvgIpc) is 2.79. The molecule has 0 aliphatic heterocycles. The molecule has 0 spiro atoms. The van der Waals surface area contributed by atoms with Crippen LogP contribution in [0.25, 0.3) is 10.9 Å². The fourth-order valence-corrected chi connectivity index (χ4v) is 4.50. The van der Waals surface area contributed by atoms with Gasteiger partial charge in [-0.1, -0.05) is 17.7 Å². The van der Waals surface area contributed by atoms with Gasteiger partial charge in [0.15, 0.2) is 0 Å². The van der Waals surface area contributed by atoms with E-state index in [1.165, 1.54) is 12.1 Å². The number of hydrogen-bond acceptors (Lipinski definition) is 4. The number of aromatic nitrogens is 1. The summed E-state index contributed by atoms with van der Waals surface area (Å²) >= 11 is 6.10. The first kappa shape index (κ1) is 24.1. The summed E-state index contributed by atoms with van der Waals surface area (Å²) in [7, 11) is 3.82. The van der Waals surface area contributed by atoms with Gasteiger partial charge in [0.25, 0.3) is 5.91 Å². The summed E-state index contributed by atoms with van der Waals surface area (Å²) in [6.45, 7) is 0. The van der Waals surface area contributed by atoms with Gasteiger partial charge < -0.3 is 15.5 Å². The van der Waals surface area contributed by atoms with E-state index in [0.717, 1.165) is 31.0 Å². The first-order chi connectivity index (χ1) is 16.1. The van der Waals surface area contributed by atoms with E-state index < -0.39 is 11.9 Å². The van der Waals surface area contributed by atoms with Crippen LogP contribution in [0.5, 0.6) is 0 Å². The van der Waals surface area contributed by atoms with Crippen molar-refractivity contribution in [3.63, 3.8) is 0 Å². The van der Waals surface area contributed by atoms with Gasteiger partial charge in [-0.2, -0.15) is 13.2 Å². The third-order valence-electron chi connectivity index (χ3n) is 6.05. The highest BCUT2D eigenvalue weighted by Gasteiger charge is 2.34. The molecule has 1 aliphatic rings.